The van der Waals surface area contributed by atoms with Crippen LogP contribution in [0.3, 0.4) is 0 Å². The van der Waals surface area contributed by atoms with Gasteiger partial charge >= 0.3 is 0 Å². The third-order valence-electron chi connectivity index (χ3n) is 5.97. The number of carbonyl (C=O) groups excluding carboxylic acids is 1. The average molecular weight is 475 g/mol. The number of anilines is 4. The van der Waals surface area contributed by atoms with Crippen molar-refractivity contribution in [3.8, 4) is 0 Å². The molecule has 0 spiro atoms. The minimum Gasteiger partial charge on any atom is -0.384 e. The number of benzene rings is 3. The summed E-state index contributed by atoms with van der Waals surface area (Å²) in [4.78, 5) is 25.4. The Hall–Kier alpha value is -4.78. The highest BCUT2D eigenvalue weighted by Crippen LogP contribution is 2.26. The van der Waals surface area contributed by atoms with Crippen LogP contribution in [0.5, 0.6) is 0 Å². The van der Waals surface area contributed by atoms with Crippen LogP contribution < -0.4 is 16.8 Å². The number of aromatic nitrogens is 3. The molecule has 5 rings (SSSR count). The van der Waals surface area contributed by atoms with E-state index < -0.39 is 0 Å². The van der Waals surface area contributed by atoms with E-state index >= 15 is 0 Å². The average Bonchev–Trinajstić information content (AvgIpc) is 2.85. The lowest BCUT2D eigenvalue weighted by Crippen LogP contribution is -2.05. The number of pyridine rings is 1. The Morgan fingerprint density at radius 1 is 0.861 bits per heavy atom. The molecular formula is C29H26N6O. The van der Waals surface area contributed by atoms with E-state index in [1.54, 1.807) is 12.3 Å². The summed E-state index contributed by atoms with van der Waals surface area (Å²) < 4.78 is 0. The predicted octanol–water partition coefficient (Wildman–Crippen LogP) is 5.26. The SMILES string of the molecule is Cc1ccc2nccc(Nc3ccc(CC(=O)c4ccc(Cc5cc(N)nc(N)n5)cc4)cc3)c2c1. The fraction of sp³-hybridized carbons (Fsp3) is 0.103. The first-order chi connectivity index (χ1) is 17.4. The third kappa shape index (κ3) is 5.31. The van der Waals surface area contributed by atoms with Gasteiger partial charge in [-0.25, -0.2) is 4.98 Å². The standard InChI is InChI=1S/C29H26N6O/c1-18-2-11-25-24(14-18)26(12-13-32-25)33-22-9-5-20(6-10-22)16-27(36)21-7-3-19(4-8-21)15-23-17-28(30)35-29(31)34-23/h2-14,17H,15-16H2,1H3,(H,32,33)(H4,30,31,34,35). The summed E-state index contributed by atoms with van der Waals surface area (Å²) in [6.07, 6.45) is 2.69. The van der Waals surface area contributed by atoms with Gasteiger partial charge in [0, 0.05) is 47.4 Å². The van der Waals surface area contributed by atoms with E-state index in [2.05, 4.69) is 39.3 Å². The van der Waals surface area contributed by atoms with Crippen LogP contribution in [-0.2, 0) is 12.8 Å². The molecule has 5 aromatic rings. The molecule has 0 radical (unpaired) electrons. The fourth-order valence-corrected chi connectivity index (χ4v) is 4.17. The van der Waals surface area contributed by atoms with E-state index in [4.69, 9.17) is 11.5 Å². The second-order valence-corrected chi connectivity index (χ2v) is 8.82. The molecule has 0 bridgehead atoms. The molecule has 0 aliphatic heterocycles. The molecule has 0 saturated carbocycles. The van der Waals surface area contributed by atoms with Crippen molar-refractivity contribution in [2.45, 2.75) is 19.8 Å². The van der Waals surface area contributed by atoms with E-state index in [0.29, 0.717) is 24.2 Å². The zero-order valence-corrected chi connectivity index (χ0v) is 19.9. The minimum absolute atomic E-state index is 0.0633. The minimum atomic E-state index is 0.0633. The van der Waals surface area contributed by atoms with Gasteiger partial charge in [0.2, 0.25) is 5.95 Å². The number of hydrogen-bond acceptors (Lipinski definition) is 7. The molecule has 0 atom stereocenters. The molecule has 36 heavy (non-hydrogen) atoms. The molecule has 0 aliphatic rings. The van der Waals surface area contributed by atoms with Crippen molar-refractivity contribution in [2.75, 3.05) is 16.8 Å². The third-order valence-corrected chi connectivity index (χ3v) is 5.97. The molecule has 0 fully saturated rings. The molecule has 2 heterocycles. The maximum absolute atomic E-state index is 12.9. The van der Waals surface area contributed by atoms with Crippen LogP contribution >= 0.6 is 0 Å². The quantitative estimate of drug-likeness (QED) is 0.275. The van der Waals surface area contributed by atoms with Crippen LogP contribution in [0.25, 0.3) is 10.9 Å². The fourth-order valence-electron chi connectivity index (χ4n) is 4.17. The lowest BCUT2D eigenvalue weighted by atomic mass is 10.0. The number of carbonyl (C=O) groups is 1. The first-order valence-electron chi connectivity index (χ1n) is 11.7. The maximum Gasteiger partial charge on any atom is 0.222 e. The van der Waals surface area contributed by atoms with Crippen molar-refractivity contribution in [3.63, 3.8) is 0 Å². The van der Waals surface area contributed by atoms with Crippen LogP contribution in [0.15, 0.2) is 85.1 Å². The number of ketones is 1. The number of nitrogens with zero attached hydrogens (tertiary/aromatic N) is 3. The summed E-state index contributed by atoms with van der Waals surface area (Å²) in [5, 5.41) is 4.55. The van der Waals surface area contributed by atoms with Gasteiger partial charge in [-0.2, -0.15) is 4.98 Å². The number of nitrogens with one attached hydrogen (secondary N) is 1. The zero-order valence-electron chi connectivity index (χ0n) is 19.9. The molecule has 7 heteroatoms. The first kappa shape index (κ1) is 23.0. The van der Waals surface area contributed by atoms with Crippen molar-refractivity contribution >= 4 is 39.8 Å². The summed E-state index contributed by atoms with van der Waals surface area (Å²) in [5.74, 6) is 0.561. The Balaban J connectivity index is 1.23. The topological polar surface area (TPSA) is 120 Å². The monoisotopic (exact) mass is 474 g/mol. The normalized spacial score (nSPS) is 10.9. The highest BCUT2D eigenvalue weighted by atomic mass is 16.1. The summed E-state index contributed by atoms with van der Waals surface area (Å²) in [6, 6.07) is 25.4. The summed E-state index contributed by atoms with van der Waals surface area (Å²) in [7, 11) is 0. The first-order valence-corrected chi connectivity index (χ1v) is 11.7. The number of nitrogens with two attached hydrogens (primary N) is 2. The summed E-state index contributed by atoms with van der Waals surface area (Å²) in [5.41, 5.74) is 18.9. The smallest absolute Gasteiger partial charge is 0.222 e. The lowest BCUT2D eigenvalue weighted by molar-refractivity contribution is 0.0993. The summed E-state index contributed by atoms with van der Waals surface area (Å²) in [6.45, 7) is 2.07. The number of fused-ring (bicyclic) bond motifs is 1. The Morgan fingerprint density at radius 3 is 2.36 bits per heavy atom. The van der Waals surface area contributed by atoms with Gasteiger partial charge in [-0.15, -0.1) is 0 Å². The largest absolute Gasteiger partial charge is 0.384 e. The molecule has 0 saturated heterocycles. The number of rotatable bonds is 7. The van der Waals surface area contributed by atoms with E-state index in [1.807, 2.05) is 60.7 Å². The Kier molecular flexibility index (Phi) is 6.28. The van der Waals surface area contributed by atoms with Gasteiger partial charge < -0.3 is 16.8 Å². The van der Waals surface area contributed by atoms with Crippen LogP contribution in [0.4, 0.5) is 23.1 Å². The van der Waals surface area contributed by atoms with E-state index in [0.717, 1.165) is 39.1 Å². The molecule has 0 unspecified atom stereocenters. The maximum atomic E-state index is 12.9. The van der Waals surface area contributed by atoms with Gasteiger partial charge in [-0.1, -0.05) is 48.0 Å². The number of aryl methyl sites for hydroxylation is 1. The Bertz CT molecular complexity index is 1530. The highest BCUT2D eigenvalue weighted by Gasteiger charge is 2.09. The van der Waals surface area contributed by atoms with Gasteiger partial charge in [0.15, 0.2) is 5.78 Å². The molecule has 2 aromatic heterocycles. The molecule has 0 amide bonds. The van der Waals surface area contributed by atoms with Crippen LogP contribution in [0.1, 0.15) is 32.7 Å². The van der Waals surface area contributed by atoms with Crippen LogP contribution in [0, 0.1) is 6.92 Å². The highest BCUT2D eigenvalue weighted by molar-refractivity contribution is 5.97. The number of Topliss-reactive ketones (excluding diaryl/α,β-unsaturated/α-hetero) is 1. The van der Waals surface area contributed by atoms with Crippen LogP contribution in [0.2, 0.25) is 0 Å². The molecule has 5 N–H and O–H groups in total. The lowest BCUT2D eigenvalue weighted by Gasteiger charge is -2.11. The predicted molar refractivity (Wildman–Crippen MR) is 144 cm³/mol. The van der Waals surface area contributed by atoms with Crippen LogP contribution in [-0.4, -0.2) is 20.7 Å². The Labute approximate surface area is 209 Å². The molecule has 7 nitrogen and oxygen atoms in total. The van der Waals surface area contributed by atoms with Crippen molar-refractivity contribution in [1.82, 2.24) is 15.0 Å². The van der Waals surface area contributed by atoms with E-state index in [9.17, 15) is 4.79 Å². The van der Waals surface area contributed by atoms with Gasteiger partial charge in [0.05, 0.1) is 11.2 Å². The van der Waals surface area contributed by atoms with Crippen molar-refractivity contribution < 1.29 is 4.79 Å². The van der Waals surface area contributed by atoms with E-state index in [1.165, 1.54) is 5.56 Å². The second-order valence-electron chi connectivity index (χ2n) is 8.82. The number of nitrogen functional groups attached to an aromatic ring is 2. The van der Waals surface area contributed by atoms with Gasteiger partial charge in [-0.3, -0.25) is 9.78 Å². The van der Waals surface area contributed by atoms with Crippen molar-refractivity contribution in [2.24, 2.45) is 0 Å². The molecule has 0 aliphatic carbocycles. The van der Waals surface area contributed by atoms with Gasteiger partial charge in [0.1, 0.15) is 5.82 Å². The zero-order chi connectivity index (χ0) is 25.1. The van der Waals surface area contributed by atoms with Crippen molar-refractivity contribution in [3.05, 3.63) is 113 Å². The van der Waals surface area contributed by atoms with E-state index in [-0.39, 0.29) is 11.7 Å². The molecule has 178 valence electrons. The molecule has 3 aromatic carbocycles. The number of hydrogen-bond donors (Lipinski definition) is 3. The van der Waals surface area contributed by atoms with Gasteiger partial charge in [-0.05, 0) is 48.4 Å². The Morgan fingerprint density at radius 2 is 1.61 bits per heavy atom. The van der Waals surface area contributed by atoms with Crippen molar-refractivity contribution in [1.29, 1.82) is 0 Å². The second kappa shape index (κ2) is 9.84. The summed E-state index contributed by atoms with van der Waals surface area (Å²) >= 11 is 0. The van der Waals surface area contributed by atoms with Gasteiger partial charge in [0.25, 0.3) is 0 Å². The molecular weight excluding hydrogens is 448 g/mol.